The molecule has 1 aromatic rings. The number of nitrogens with one attached hydrogen (secondary N) is 1. The molecule has 0 radical (unpaired) electrons. The van der Waals surface area contributed by atoms with Crippen LogP contribution in [-0.4, -0.2) is 44.7 Å². The van der Waals surface area contributed by atoms with E-state index in [4.69, 9.17) is 21.0 Å². The number of nitrogens with zero attached hydrogens (tertiary/aromatic N) is 1. The molecule has 1 saturated heterocycles. The minimum atomic E-state index is -1.19. The van der Waals surface area contributed by atoms with Crippen LogP contribution in [0.1, 0.15) is 11.8 Å². The van der Waals surface area contributed by atoms with E-state index in [1.165, 1.54) is 13.1 Å². The summed E-state index contributed by atoms with van der Waals surface area (Å²) in [7, 11) is 0. The average Bonchev–Trinajstić information content (AvgIpc) is 2.72. The highest BCUT2D eigenvalue weighted by Crippen LogP contribution is 2.30. The van der Waals surface area contributed by atoms with E-state index in [1.54, 1.807) is 0 Å². The number of ether oxygens (including phenoxy) is 2. The quantitative estimate of drug-likeness (QED) is 0.556. The Bertz CT molecular complexity index is 643. The van der Waals surface area contributed by atoms with Gasteiger partial charge in [-0.1, -0.05) is 6.42 Å². The lowest BCUT2D eigenvalue weighted by molar-refractivity contribution is -0.0549. The minimum absolute atomic E-state index is 0.287. The van der Waals surface area contributed by atoms with Crippen molar-refractivity contribution in [1.29, 1.82) is 0 Å². The van der Waals surface area contributed by atoms with Crippen LogP contribution in [0.2, 0.25) is 0 Å². The number of hydrogen-bond donors (Lipinski definition) is 3. The molecule has 2 heterocycles. The van der Waals surface area contributed by atoms with Gasteiger partial charge >= 0.3 is 5.69 Å². The van der Waals surface area contributed by atoms with Crippen LogP contribution in [0.5, 0.6) is 0 Å². The number of hydrogen-bond acceptors (Lipinski definition) is 6. The topological polar surface area (TPSA) is 114 Å². The molecule has 1 aromatic heterocycles. The van der Waals surface area contributed by atoms with Gasteiger partial charge in [0.1, 0.15) is 18.3 Å². The molecule has 20 heavy (non-hydrogen) atoms. The molecule has 1 aliphatic heterocycles. The zero-order valence-electron chi connectivity index (χ0n) is 10.6. The van der Waals surface area contributed by atoms with Crippen molar-refractivity contribution in [2.24, 2.45) is 0 Å². The van der Waals surface area contributed by atoms with E-state index in [0.29, 0.717) is 0 Å². The summed E-state index contributed by atoms with van der Waals surface area (Å²) >= 11 is 0. The van der Waals surface area contributed by atoms with Crippen molar-refractivity contribution in [3.05, 3.63) is 32.6 Å². The summed E-state index contributed by atoms with van der Waals surface area (Å²) in [6, 6.07) is 0. The van der Waals surface area contributed by atoms with E-state index < -0.39 is 42.4 Å². The molecule has 4 atom stereocenters. The lowest BCUT2D eigenvalue weighted by atomic mass is 10.1. The van der Waals surface area contributed by atoms with Gasteiger partial charge < -0.3 is 19.7 Å². The fourth-order valence-corrected chi connectivity index (χ4v) is 2.07. The number of aryl methyl sites for hydroxylation is 1. The summed E-state index contributed by atoms with van der Waals surface area (Å²) in [4.78, 5) is 25.3. The standard InChI is InChI=1S/C12H14N2O6/c1-3-19-9-8(16)7(5-15)20-11(9)14-4-6(2)10(17)13-12(14)18/h1,4,7-9,11,15-16H,5H2,2H3,(H,13,17,18)/t7-,8?,9?,11-/m0/s1. The summed E-state index contributed by atoms with van der Waals surface area (Å²) in [5.41, 5.74) is -0.950. The van der Waals surface area contributed by atoms with Gasteiger partial charge in [0.2, 0.25) is 0 Å². The number of aliphatic hydroxyl groups is 2. The molecule has 0 aliphatic carbocycles. The van der Waals surface area contributed by atoms with Crippen molar-refractivity contribution in [3.63, 3.8) is 0 Å². The second-order valence-electron chi connectivity index (χ2n) is 4.42. The Kier molecular flexibility index (Phi) is 3.94. The molecule has 3 N–H and O–H groups in total. The van der Waals surface area contributed by atoms with Crippen LogP contribution in [0.3, 0.4) is 0 Å². The third-order valence-corrected chi connectivity index (χ3v) is 3.12. The number of H-pyrrole nitrogens is 1. The van der Waals surface area contributed by atoms with Crippen LogP contribution in [0.4, 0.5) is 0 Å². The van der Waals surface area contributed by atoms with E-state index in [1.807, 2.05) is 6.11 Å². The largest absolute Gasteiger partial charge is 0.436 e. The highest BCUT2D eigenvalue weighted by Gasteiger charge is 2.46. The molecule has 0 amide bonds. The summed E-state index contributed by atoms with van der Waals surface area (Å²) in [6.07, 6.45) is 4.05. The van der Waals surface area contributed by atoms with E-state index >= 15 is 0 Å². The first kappa shape index (κ1) is 14.3. The highest BCUT2D eigenvalue weighted by atomic mass is 16.6. The number of aromatic amines is 1. The van der Waals surface area contributed by atoms with E-state index in [0.717, 1.165) is 4.57 Å². The third-order valence-electron chi connectivity index (χ3n) is 3.12. The van der Waals surface area contributed by atoms with Gasteiger partial charge in [-0.05, 0) is 6.92 Å². The first-order chi connectivity index (χ1) is 9.49. The Labute approximate surface area is 113 Å². The molecule has 108 valence electrons. The molecular formula is C12H14N2O6. The minimum Gasteiger partial charge on any atom is -0.436 e. The Hall–Kier alpha value is -2.08. The van der Waals surface area contributed by atoms with Crippen molar-refractivity contribution < 1.29 is 19.7 Å². The van der Waals surface area contributed by atoms with Crippen molar-refractivity contribution in [2.45, 2.75) is 31.5 Å². The molecule has 8 nitrogen and oxygen atoms in total. The van der Waals surface area contributed by atoms with Gasteiger partial charge in [-0.25, -0.2) is 4.79 Å². The van der Waals surface area contributed by atoms with E-state index in [2.05, 4.69) is 4.98 Å². The number of aromatic nitrogens is 2. The van der Waals surface area contributed by atoms with Crippen molar-refractivity contribution in [1.82, 2.24) is 9.55 Å². The Morgan fingerprint density at radius 2 is 2.30 bits per heavy atom. The van der Waals surface area contributed by atoms with Gasteiger partial charge in [0, 0.05) is 11.8 Å². The van der Waals surface area contributed by atoms with E-state index in [9.17, 15) is 14.7 Å². The SMILES string of the molecule is C#COC1C(O)[C@H](CO)O[C@@H]1n1cc(C)c(=O)[nH]c1=O. The van der Waals surface area contributed by atoms with Crippen LogP contribution in [0.15, 0.2) is 15.8 Å². The fraction of sp³-hybridized carbons (Fsp3) is 0.500. The van der Waals surface area contributed by atoms with E-state index in [-0.39, 0.29) is 5.56 Å². The van der Waals surface area contributed by atoms with Crippen LogP contribution >= 0.6 is 0 Å². The molecule has 1 aliphatic rings. The smallest absolute Gasteiger partial charge is 0.330 e. The summed E-state index contributed by atoms with van der Waals surface area (Å²) in [5, 5.41) is 19.1. The van der Waals surface area contributed by atoms with Crippen LogP contribution in [0, 0.1) is 19.5 Å². The van der Waals surface area contributed by atoms with Crippen molar-refractivity contribution in [3.8, 4) is 12.5 Å². The third kappa shape index (κ3) is 2.34. The first-order valence-corrected chi connectivity index (χ1v) is 5.87. The zero-order valence-corrected chi connectivity index (χ0v) is 10.6. The van der Waals surface area contributed by atoms with Gasteiger partial charge in [-0.15, -0.1) is 0 Å². The summed E-state index contributed by atoms with van der Waals surface area (Å²) in [6.45, 7) is 1.06. The maximum Gasteiger partial charge on any atom is 0.330 e. The lowest BCUT2D eigenvalue weighted by Crippen LogP contribution is -2.39. The Morgan fingerprint density at radius 3 is 2.90 bits per heavy atom. The van der Waals surface area contributed by atoms with Crippen molar-refractivity contribution in [2.75, 3.05) is 6.61 Å². The fourth-order valence-electron chi connectivity index (χ4n) is 2.07. The summed E-state index contributed by atoms with van der Waals surface area (Å²) < 4.78 is 11.4. The number of terminal acetylenes is 1. The van der Waals surface area contributed by atoms with Crippen molar-refractivity contribution >= 4 is 0 Å². The predicted molar refractivity (Wildman–Crippen MR) is 66.8 cm³/mol. The molecule has 0 saturated carbocycles. The predicted octanol–water partition coefficient (Wildman–Crippen LogP) is -1.93. The van der Waals surface area contributed by atoms with Gasteiger partial charge in [0.15, 0.2) is 12.3 Å². The molecule has 0 aromatic carbocycles. The molecule has 2 unspecified atom stereocenters. The second-order valence-corrected chi connectivity index (χ2v) is 4.42. The molecule has 0 bridgehead atoms. The highest BCUT2D eigenvalue weighted by molar-refractivity contribution is 5.03. The maximum atomic E-state index is 11.8. The molecule has 2 rings (SSSR count). The second kappa shape index (κ2) is 5.50. The lowest BCUT2D eigenvalue weighted by Gasteiger charge is -2.20. The summed E-state index contributed by atoms with van der Waals surface area (Å²) in [5.74, 6) is 0. The normalized spacial score (nSPS) is 29.1. The van der Waals surface area contributed by atoms with Gasteiger partial charge in [0.05, 0.1) is 6.61 Å². The molecule has 8 heteroatoms. The molecular weight excluding hydrogens is 268 g/mol. The zero-order chi connectivity index (χ0) is 14.9. The Morgan fingerprint density at radius 1 is 1.60 bits per heavy atom. The van der Waals surface area contributed by atoms with Gasteiger partial charge in [-0.3, -0.25) is 14.3 Å². The monoisotopic (exact) mass is 282 g/mol. The van der Waals surface area contributed by atoms with Crippen LogP contribution in [-0.2, 0) is 9.47 Å². The van der Waals surface area contributed by atoms with Crippen LogP contribution < -0.4 is 11.2 Å². The molecule has 1 fully saturated rings. The molecule has 0 spiro atoms. The number of aliphatic hydroxyl groups excluding tert-OH is 2. The van der Waals surface area contributed by atoms with Gasteiger partial charge in [0.25, 0.3) is 5.56 Å². The average molecular weight is 282 g/mol. The maximum absolute atomic E-state index is 11.8. The van der Waals surface area contributed by atoms with Gasteiger partial charge in [-0.2, -0.15) is 0 Å². The number of rotatable bonds is 3. The van der Waals surface area contributed by atoms with Crippen LogP contribution in [0.25, 0.3) is 0 Å². The Balaban J connectivity index is 2.45. The first-order valence-electron chi connectivity index (χ1n) is 5.87.